The number of carbonyl (C=O) groups is 3. The minimum absolute atomic E-state index is 0.121. The molecule has 3 aliphatic rings. The van der Waals surface area contributed by atoms with Gasteiger partial charge >= 0.3 is 0 Å². The topological polar surface area (TPSA) is 83.1 Å². The molecule has 1 spiro atoms. The SMILES string of the molecule is C[C@@H]1[NH2+][C@]2(C(=O)Nc3ccccc32)[C@H]2C(=O)N(Cc3ccccc3Cl)C(=O)[C@H]12. The number of halogens is 1. The third-order valence-electron chi connectivity index (χ3n) is 6.31. The molecular weight excluding hydrogens is 378 g/mol. The van der Waals surface area contributed by atoms with Crippen molar-refractivity contribution in [2.24, 2.45) is 11.8 Å². The Hall–Kier alpha value is -2.70. The van der Waals surface area contributed by atoms with Crippen LogP contribution in [0.15, 0.2) is 48.5 Å². The molecule has 0 aromatic heterocycles. The summed E-state index contributed by atoms with van der Waals surface area (Å²) in [4.78, 5) is 41.0. The Bertz CT molecular complexity index is 1040. The Kier molecular flexibility index (Phi) is 3.66. The Morgan fingerprint density at radius 1 is 1.07 bits per heavy atom. The highest BCUT2D eigenvalue weighted by Gasteiger charge is 2.73. The third kappa shape index (κ3) is 2.10. The van der Waals surface area contributed by atoms with Crippen LogP contribution in [0.4, 0.5) is 5.69 Å². The summed E-state index contributed by atoms with van der Waals surface area (Å²) in [5.41, 5.74) is 1.11. The molecule has 0 radical (unpaired) electrons. The number of imide groups is 1. The molecule has 7 heteroatoms. The van der Waals surface area contributed by atoms with Crippen LogP contribution in [-0.4, -0.2) is 28.7 Å². The van der Waals surface area contributed by atoms with Crippen molar-refractivity contribution in [1.82, 2.24) is 4.90 Å². The zero-order valence-electron chi connectivity index (χ0n) is 15.2. The van der Waals surface area contributed by atoms with Crippen LogP contribution in [0.25, 0.3) is 0 Å². The van der Waals surface area contributed by atoms with Crippen LogP contribution >= 0.6 is 11.6 Å². The lowest BCUT2D eigenvalue weighted by Crippen LogP contribution is -2.98. The van der Waals surface area contributed by atoms with Gasteiger partial charge in [-0.25, -0.2) is 0 Å². The number of rotatable bonds is 2. The van der Waals surface area contributed by atoms with Crippen molar-refractivity contribution in [2.75, 3.05) is 5.32 Å². The van der Waals surface area contributed by atoms with Crippen LogP contribution in [0.2, 0.25) is 5.02 Å². The molecule has 6 nitrogen and oxygen atoms in total. The molecule has 5 rings (SSSR count). The first-order chi connectivity index (χ1) is 13.4. The van der Waals surface area contributed by atoms with E-state index in [1.165, 1.54) is 4.90 Å². The van der Waals surface area contributed by atoms with Gasteiger partial charge < -0.3 is 10.6 Å². The van der Waals surface area contributed by atoms with Crippen LogP contribution in [0.5, 0.6) is 0 Å². The molecule has 2 aromatic carbocycles. The summed E-state index contributed by atoms with van der Waals surface area (Å²) in [7, 11) is 0. The molecule has 2 aromatic rings. The van der Waals surface area contributed by atoms with Gasteiger partial charge in [0.1, 0.15) is 11.8 Å². The zero-order valence-corrected chi connectivity index (χ0v) is 15.9. The van der Waals surface area contributed by atoms with Gasteiger partial charge in [0, 0.05) is 10.6 Å². The number of nitrogens with zero attached hydrogens (tertiary/aromatic N) is 1. The Morgan fingerprint density at radius 3 is 2.57 bits per heavy atom. The van der Waals surface area contributed by atoms with Crippen molar-refractivity contribution in [1.29, 1.82) is 0 Å². The smallest absolute Gasteiger partial charge is 0.291 e. The normalized spacial score (nSPS) is 30.7. The zero-order chi connectivity index (χ0) is 19.6. The number of hydrogen-bond acceptors (Lipinski definition) is 3. The highest BCUT2D eigenvalue weighted by atomic mass is 35.5. The third-order valence-corrected chi connectivity index (χ3v) is 6.68. The lowest BCUT2D eigenvalue weighted by Gasteiger charge is -2.26. The first-order valence-electron chi connectivity index (χ1n) is 9.31. The predicted octanol–water partition coefficient (Wildman–Crippen LogP) is 1.25. The molecule has 3 amide bonds. The maximum Gasteiger partial charge on any atom is 0.291 e. The summed E-state index contributed by atoms with van der Waals surface area (Å²) in [5.74, 6) is -2.02. The van der Waals surface area contributed by atoms with Gasteiger partial charge in [-0.05, 0) is 24.6 Å². The molecule has 0 bridgehead atoms. The largest absolute Gasteiger partial charge is 0.326 e. The van der Waals surface area contributed by atoms with Crippen molar-refractivity contribution in [3.63, 3.8) is 0 Å². The number of likely N-dealkylation sites (tertiary alicyclic amines) is 1. The maximum absolute atomic E-state index is 13.4. The Balaban J connectivity index is 1.58. The van der Waals surface area contributed by atoms with Crippen LogP contribution in [0.3, 0.4) is 0 Å². The Labute approximate surface area is 166 Å². The van der Waals surface area contributed by atoms with E-state index in [2.05, 4.69) is 5.32 Å². The molecule has 142 valence electrons. The highest BCUT2D eigenvalue weighted by molar-refractivity contribution is 6.31. The number of nitrogens with two attached hydrogens (primary N) is 1. The van der Waals surface area contributed by atoms with Gasteiger partial charge in [-0.2, -0.15) is 0 Å². The number of quaternary nitrogens is 1. The average Bonchev–Trinajstić information content (AvgIpc) is 3.23. The van der Waals surface area contributed by atoms with Crippen LogP contribution in [0, 0.1) is 11.8 Å². The fourth-order valence-corrected chi connectivity index (χ4v) is 5.30. The number of fused-ring (bicyclic) bond motifs is 4. The molecule has 0 saturated carbocycles. The van der Waals surface area contributed by atoms with Gasteiger partial charge in [0.2, 0.25) is 17.4 Å². The standard InChI is InChI=1S/C21H18ClN3O3/c1-11-16-17(21(24-11)13-7-3-5-9-15(13)23-20(21)28)19(27)25(18(16)26)10-12-6-2-4-8-14(12)22/h2-9,11,16-17,24H,10H2,1H3,(H,23,28)/p+1/t11-,16+,17+,21-/m0/s1. The number of para-hydroxylation sites is 1. The lowest BCUT2D eigenvalue weighted by molar-refractivity contribution is -0.730. The number of hydrogen-bond donors (Lipinski definition) is 2. The van der Waals surface area contributed by atoms with E-state index in [1.807, 2.05) is 42.6 Å². The molecule has 3 aliphatic heterocycles. The second-order valence-electron chi connectivity index (χ2n) is 7.75. The molecular formula is C21H19ClN3O3+. The lowest BCUT2D eigenvalue weighted by atomic mass is 9.76. The summed E-state index contributed by atoms with van der Waals surface area (Å²) >= 11 is 6.24. The minimum Gasteiger partial charge on any atom is -0.326 e. The first-order valence-corrected chi connectivity index (χ1v) is 9.68. The molecule has 4 atom stereocenters. The molecule has 0 unspecified atom stereocenters. The van der Waals surface area contributed by atoms with Crippen molar-refractivity contribution < 1.29 is 19.7 Å². The van der Waals surface area contributed by atoms with Gasteiger partial charge in [0.25, 0.3) is 5.91 Å². The quantitative estimate of drug-likeness (QED) is 0.749. The van der Waals surface area contributed by atoms with Gasteiger partial charge in [0.05, 0.1) is 18.3 Å². The van der Waals surface area contributed by atoms with Gasteiger partial charge in [0.15, 0.2) is 0 Å². The van der Waals surface area contributed by atoms with E-state index in [9.17, 15) is 14.4 Å². The number of anilines is 1. The molecule has 3 heterocycles. The molecule has 2 saturated heterocycles. The van der Waals surface area contributed by atoms with Crippen molar-refractivity contribution in [2.45, 2.75) is 25.0 Å². The van der Waals surface area contributed by atoms with E-state index < -0.39 is 17.4 Å². The number of benzene rings is 2. The van der Waals surface area contributed by atoms with E-state index in [4.69, 9.17) is 11.6 Å². The second kappa shape index (κ2) is 5.90. The molecule has 3 N–H and O–H groups in total. The highest BCUT2D eigenvalue weighted by Crippen LogP contribution is 2.49. The summed E-state index contributed by atoms with van der Waals surface area (Å²) in [6.45, 7) is 2.03. The fraction of sp³-hybridized carbons (Fsp3) is 0.286. The van der Waals surface area contributed by atoms with E-state index in [0.717, 1.165) is 5.56 Å². The minimum atomic E-state index is -1.09. The van der Waals surface area contributed by atoms with E-state index in [0.29, 0.717) is 16.3 Å². The monoisotopic (exact) mass is 396 g/mol. The van der Waals surface area contributed by atoms with E-state index >= 15 is 0 Å². The van der Waals surface area contributed by atoms with Gasteiger partial charge in [-0.15, -0.1) is 0 Å². The average molecular weight is 397 g/mol. The Morgan fingerprint density at radius 2 is 1.79 bits per heavy atom. The van der Waals surface area contributed by atoms with Crippen LogP contribution < -0.4 is 10.6 Å². The van der Waals surface area contributed by atoms with E-state index in [1.54, 1.807) is 18.2 Å². The number of nitrogens with one attached hydrogen (secondary N) is 1. The van der Waals surface area contributed by atoms with Crippen LogP contribution in [-0.2, 0) is 26.5 Å². The number of carbonyl (C=O) groups excluding carboxylic acids is 3. The van der Waals surface area contributed by atoms with E-state index in [-0.39, 0.29) is 30.3 Å². The van der Waals surface area contributed by atoms with Crippen LogP contribution in [0.1, 0.15) is 18.1 Å². The summed E-state index contributed by atoms with van der Waals surface area (Å²) in [5, 5.41) is 5.31. The summed E-state index contributed by atoms with van der Waals surface area (Å²) in [6, 6.07) is 14.4. The van der Waals surface area contributed by atoms with Crippen molar-refractivity contribution in [3.8, 4) is 0 Å². The van der Waals surface area contributed by atoms with Crippen molar-refractivity contribution in [3.05, 3.63) is 64.7 Å². The maximum atomic E-state index is 13.4. The second-order valence-corrected chi connectivity index (χ2v) is 8.16. The predicted molar refractivity (Wildman–Crippen MR) is 102 cm³/mol. The first kappa shape index (κ1) is 17.4. The van der Waals surface area contributed by atoms with Gasteiger partial charge in [-0.1, -0.05) is 48.0 Å². The number of amides is 3. The molecule has 28 heavy (non-hydrogen) atoms. The molecule has 2 fully saturated rings. The fourth-order valence-electron chi connectivity index (χ4n) is 5.11. The van der Waals surface area contributed by atoms with Gasteiger partial charge in [-0.3, -0.25) is 19.3 Å². The summed E-state index contributed by atoms with van der Waals surface area (Å²) in [6.07, 6.45) is 0. The summed E-state index contributed by atoms with van der Waals surface area (Å²) < 4.78 is 0. The molecule has 0 aliphatic carbocycles. The van der Waals surface area contributed by atoms with Crippen molar-refractivity contribution >= 4 is 35.0 Å².